The minimum atomic E-state index is -0.938. The van der Waals surface area contributed by atoms with Crippen molar-refractivity contribution in [2.45, 2.75) is 38.3 Å². The highest BCUT2D eigenvalue weighted by molar-refractivity contribution is 5.89. The van der Waals surface area contributed by atoms with Gasteiger partial charge in [-0.1, -0.05) is 30.3 Å². The predicted octanol–water partition coefficient (Wildman–Crippen LogP) is 4.00. The van der Waals surface area contributed by atoms with Crippen LogP contribution >= 0.6 is 0 Å². The fourth-order valence-electron chi connectivity index (χ4n) is 4.69. The minimum Gasteiger partial charge on any atom is -0.348 e. The van der Waals surface area contributed by atoms with Gasteiger partial charge in [0, 0.05) is 12.1 Å². The number of hydrogen-bond donors (Lipinski definition) is 3. The molecule has 190 valence electrons. The predicted molar refractivity (Wildman–Crippen MR) is 138 cm³/mol. The Hall–Kier alpha value is -4.09. The van der Waals surface area contributed by atoms with Crippen LogP contribution in [0.15, 0.2) is 66.9 Å². The van der Waals surface area contributed by atoms with Gasteiger partial charge in [0.15, 0.2) is 0 Å². The second kappa shape index (κ2) is 12.2. The molecule has 4 rings (SSSR count). The van der Waals surface area contributed by atoms with E-state index in [-0.39, 0.29) is 29.8 Å². The number of nitrogens with one attached hydrogen (secondary N) is 2. The van der Waals surface area contributed by atoms with Crippen LogP contribution in [-0.4, -0.2) is 23.3 Å². The van der Waals surface area contributed by atoms with E-state index < -0.39 is 11.9 Å². The molecule has 1 aromatic heterocycles. The van der Waals surface area contributed by atoms with Crippen molar-refractivity contribution in [1.82, 2.24) is 15.6 Å². The normalized spacial score (nSPS) is 17.9. The number of carbonyl (C=O) groups excluding carboxylic acids is 2. The van der Waals surface area contributed by atoms with Crippen molar-refractivity contribution in [2.75, 3.05) is 6.54 Å². The van der Waals surface area contributed by atoms with Gasteiger partial charge in [-0.05, 0) is 85.2 Å². The third kappa shape index (κ3) is 6.57. The Kier molecular flexibility index (Phi) is 8.60. The van der Waals surface area contributed by atoms with E-state index in [0.29, 0.717) is 34.8 Å². The molecule has 1 saturated carbocycles. The summed E-state index contributed by atoms with van der Waals surface area (Å²) >= 11 is 0. The monoisotopic (exact) mass is 499 g/mol. The van der Waals surface area contributed by atoms with E-state index in [1.165, 1.54) is 12.1 Å². The topological polar surface area (TPSA) is 121 Å². The second-order valence-electron chi connectivity index (χ2n) is 9.37. The zero-order chi connectivity index (χ0) is 26.2. The standard InChI is InChI=1S/C29H30FN5O2/c30-26-15-22(11-12-24(26)17-32)21-4-3-5-23(14-21)27(29(37)34-18-25-6-1-2-13-33-25)35-28(36)20-9-7-19(16-31)8-10-20/h1-6,11-15,19-20,27H,7-10,16,18,31H2,(H,34,37)(H,35,36). The molecule has 1 unspecified atom stereocenters. The number of benzene rings is 2. The van der Waals surface area contributed by atoms with Crippen molar-refractivity contribution in [3.8, 4) is 17.2 Å². The lowest BCUT2D eigenvalue weighted by atomic mass is 9.81. The smallest absolute Gasteiger partial charge is 0.247 e. The molecule has 1 fully saturated rings. The molecule has 0 bridgehead atoms. The van der Waals surface area contributed by atoms with Crippen molar-refractivity contribution in [3.05, 3.63) is 89.5 Å². The number of pyridine rings is 1. The lowest BCUT2D eigenvalue weighted by molar-refractivity contribution is -0.132. The first-order valence-electron chi connectivity index (χ1n) is 12.5. The number of nitrogens with two attached hydrogens (primary N) is 1. The Morgan fingerprint density at radius 2 is 1.84 bits per heavy atom. The molecular weight excluding hydrogens is 469 g/mol. The molecule has 4 N–H and O–H groups in total. The maximum atomic E-state index is 14.3. The minimum absolute atomic E-state index is 0.0386. The summed E-state index contributed by atoms with van der Waals surface area (Å²) < 4.78 is 14.3. The van der Waals surface area contributed by atoms with Crippen molar-refractivity contribution < 1.29 is 14.0 Å². The molecule has 2 amide bonds. The molecule has 3 aromatic rings. The van der Waals surface area contributed by atoms with E-state index in [1.807, 2.05) is 18.2 Å². The first kappa shape index (κ1) is 26.0. The highest BCUT2D eigenvalue weighted by atomic mass is 19.1. The van der Waals surface area contributed by atoms with Gasteiger partial charge >= 0.3 is 0 Å². The molecule has 0 radical (unpaired) electrons. The van der Waals surface area contributed by atoms with Crippen LogP contribution in [0.1, 0.15) is 48.5 Å². The van der Waals surface area contributed by atoms with Gasteiger partial charge in [0.2, 0.25) is 11.8 Å². The number of carbonyl (C=O) groups is 2. The summed E-state index contributed by atoms with van der Waals surface area (Å²) in [5.41, 5.74) is 8.26. The zero-order valence-corrected chi connectivity index (χ0v) is 20.5. The van der Waals surface area contributed by atoms with Crippen LogP contribution in [-0.2, 0) is 16.1 Å². The van der Waals surface area contributed by atoms with Crippen LogP contribution in [0.4, 0.5) is 4.39 Å². The van der Waals surface area contributed by atoms with E-state index in [0.717, 1.165) is 25.7 Å². The molecule has 37 heavy (non-hydrogen) atoms. The first-order valence-corrected chi connectivity index (χ1v) is 12.5. The zero-order valence-electron chi connectivity index (χ0n) is 20.5. The van der Waals surface area contributed by atoms with Crippen molar-refractivity contribution in [3.63, 3.8) is 0 Å². The quantitative estimate of drug-likeness (QED) is 0.433. The third-order valence-corrected chi connectivity index (χ3v) is 6.91. The van der Waals surface area contributed by atoms with Gasteiger partial charge < -0.3 is 16.4 Å². The number of aromatic nitrogens is 1. The van der Waals surface area contributed by atoms with Gasteiger partial charge in [-0.3, -0.25) is 14.6 Å². The Morgan fingerprint density at radius 3 is 2.51 bits per heavy atom. The summed E-state index contributed by atoms with van der Waals surface area (Å²) in [5, 5.41) is 14.9. The SMILES string of the molecule is N#Cc1ccc(-c2cccc(C(NC(=O)C3CCC(CN)CC3)C(=O)NCc3ccccn3)c2)cc1F. The molecule has 1 aliphatic carbocycles. The molecule has 0 aliphatic heterocycles. The summed E-state index contributed by atoms with van der Waals surface area (Å²) in [4.78, 5) is 30.8. The Morgan fingerprint density at radius 1 is 1.05 bits per heavy atom. The summed E-state index contributed by atoms with van der Waals surface area (Å²) in [7, 11) is 0. The molecule has 0 spiro atoms. The maximum Gasteiger partial charge on any atom is 0.247 e. The van der Waals surface area contributed by atoms with Gasteiger partial charge in [-0.15, -0.1) is 0 Å². The van der Waals surface area contributed by atoms with Crippen molar-refractivity contribution >= 4 is 11.8 Å². The number of nitriles is 1. The van der Waals surface area contributed by atoms with Gasteiger partial charge in [-0.25, -0.2) is 4.39 Å². The fourth-order valence-corrected chi connectivity index (χ4v) is 4.69. The molecular formula is C29H30FN5O2. The number of nitrogens with zero attached hydrogens (tertiary/aromatic N) is 2. The lowest BCUT2D eigenvalue weighted by Crippen LogP contribution is -2.43. The van der Waals surface area contributed by atoms with Crippen LogP contribution in [0.2, 0.25) is 0 Å². The van der Waals surface area contributed by atoms with E-state index in [1.54, 1.807) is 42.6 Å². The van der Waals surface area contributed by atoms with Gasteiger partial charge in [0.05, 0.1) is 17.8 Å². The highest BCUT2D eigenvalue weighted by Gasteiger charge is 2.30. The molecule has 7 nitrogen and oxygen atoms in total. The Bertz CT molecular complexity index is 1280. The maximum absolute atomic E-state index is 14.3. The third-order valence-electron chi connectivity index (χ3n) is 6.91. The number of rotatable bonds is 8. The van der Waals surface area contributed by atoms with Crippen molar-refractivity contribution in [2.24, 2.45) is 17.6 Å². The van der Waals surface area contributed by atoms with Crippen LogP contribution < -0.4 is 16.4 Å². The summed E-state index contributed by atoms with van der Waals surface area (Å²) in [6.45, 7) is 0.837. The van der Waals surface area contributed by atoms with Crippen LogP contribution in [0, 0.1) is 29.0 Å². The Labute approximate surface area is 215 Å². The Balaban J connectivity index is 1.57. The summed E-state index contributed by atoms with van der Waals surface area (Å²) in [5.74, 6) is -0.881. The van der Waals surface area contributed by atoms with Crippen LogP contribution in [0.25, 0.3) is 11.1 Å². The largest absolute Gasteiger partial charge is 0.348 e. The lowest BCUT2D eigenvalue weighted by Gasteiger charge is -2.28. The van der Waals surface area contributed by atoms with Crippen LogP contribution in [0.5, 0.6) is 0 Å². The molecule has 2 aromatic carbocycles. The van der Waals surface area contributed by atoms with E-state index in [9.17, 15) is 14.0 Å². The average Bonchev–Trinajstić information content (AvgIpc) is 2.95. The average molecular weight is 500 g/mol. The first-order chi connectivity index (χ1) is 18.0. The fraction of sp³-hybridized carbons (Fsp3) is 0.310. The number of hydrogen-bond acceptors (Lipinski definition) is 5. The van der Waals surface area contributed by atoms with Gasteiger partial charge in [-0.2, -0.15) is 5.26 Å². The summed E-state index contributed by atoms with van der Waals surface area (Å²) in [6.07, 6.45) is 4.91. The summed E-state index contributed by atoms with van der Waals surface area (Å²) in [6, 6.07) is 17.8. The number of halogens is 1. The van der Waals surface area contributed by atoms with E-state index >= 15 is 0 Å². The molecule has 1 heterocycles. The molecule has 1 atom stereocenters. The van der Waals surface area contributed by atoms with Gasteiger partial charge in [0.25, 0.3) is 0 Å². The number of amides is 2. The van der Waals surface area contributed by atoms with Crippen LogP contribution in [0.3, 0.4) is 0 Å². The second-order valence-corrected chi connectivity index (χ2v) is 9.37. The van der Waals surface area contributed by atoms with Crippen molar-refractivity contribution in [1.29, 1.82) is 5.26 Å². The molecule has 1 aliphatic rings. The van der Waals surface area contributed by atoms with E-state index in [2.05, 4.69) is 15.6 Å². The van der Waals surface area contributed by atoms with E-state index in [4.69, 9.17) is 11.0 Å². The molecule has 0 saturated heterocycles. The molecule has 8 heteroatoms. The van der Waals surface area contributed by atoms with Gasteiger partial charge in [0.1, 0.15) is 17.9 Å². The highest BCUT2D eigenvalue weighted by Crippen LogP contribution is 2.30.